The Morgan fingerprint density at radius 2 is 2.06 bits per heavy atom. The van der Waals surface area contributed by atoms with Crippen LogP contribution in [0.1, 0.15) is 15.2 Å². The van der Waals surface area contributed by atoms with Gasteiger partial charge in [-0.25, -0.2) is 9.78 Å². The van der Waals surface area contributed by atoms with E-state index in [0.717, 1.165) is 0 Å². The number of carbonyl (C=O) groups excluding carboxylic acids is 1. The zero-order valence-corrected chi connectivity index (χ0v) is 11.0. The number of amides is 1. The van der Waals surface area contributed by atoms with Crippen LogP contribution >= 0.6 is 0 Å². The van der Waals surface area contributed by atoms with Crippen LogP contribution in [0.15, 0.2) is 12.2 Å². The van der Waals surface area contributed by atoms with E-state index in [2.05, 4.69) is 4.98 Å². The van der Waals surface area contributed by atoms with Crippen molar-refractivity contribution in [3.63, 3.8) is 0 Å². The number of methoxy groups -OCH3 is 2. The van der Waals surface area contributed by atoms with Crippen LogP contribution in [-0.4, -0.2) is 43.3 Å². The van der Waals surface area contributed by atoms with E-state index in [1.165, 1.54) is 25.3 Å². The molecule has 0 aromatic carbocycles. The molecule has 0 radical (unpaired) electrons. The van der Waals surface area contributed by atoms with Gasteiger partial charge in [0.2, 0.25) is 5.75 Å². The number of aromatic nitrogens is 1. The summed E-state index contributed by atoms with van der Waals surface area (Å²) < 4.78 is 23.0. The van der Waals surface area contributed by atoms with Crippen molar-refractivity contribution < 1.29 is 20.4 Å². The third-order valence-electron chi connectivity index (χ3n) is 2.39. The summed E-state index contributed by atoms with van der Waals surface area (Å²) in [4.78, 5) is 17.3. The van der Waals surface area contributed by atoms with Crippen molar-refractivity contribution in [1.29, 1.82) is 0 Å². The maximum Gasteiger partial charge on any atom is 0.415 e. The number of hydrogen-bond acceptors (Lipinski definition) is 5. The van der Waals surface area contributed by atoms with Crippen molar-refractivity contribution in [1.82, 2.24) is 9.88 Å². The number of carbonyl (C=O) groups is 1. The number of nitrogens with zero attached hydrogens (tertiary/aromatic N) is 2. The molecule has 0 saturated heterocycles. The van der Waals surface area contributed by atoms with Gasteiger partial charge in [0, 0.05) is 25.3 Å². The molecule has 1 amide bonds. The average molecular weight is 255 g/mol. The fourth-order valence-corrected chi connectivity index (χ4v) is 1.41. The second kappa shape index (κ2) is 6.68. The van der Waals surface area contributed by atoms with Crippen molar-refractivity contribution in [2.45, 2.75) is 13.8 Å². The SMILES string of the molecule is [2H]c1cnc(OC)c(OC)c1OC(=O)N(CC)CC. The van der Waals surface area contributed by atoms with Gasteiger partial charge in [-0.05, 0) is 13.8 Å². The van der Waals surface area contributed by atoms with Crippen molar-refractivity contribution in [3.8, 4) is 17.4 Å². The van der Waals surface area contributed by atoms with Crippen LogP contribution in [0.4, 0.5) is 4.79 Å². The zero-order chi connectivity index (χ0) is 14.4. The quantitative estimate of drug-likeness (QED) is 0.804. The highest BCUT2D eigenvalue weighted by atomic mass is 16.6. The molecule has 0 bridgehead atoms. The highest BCUT2D eigenvalue weighted by molar-refractivity contribution is 5.72. The predicted molar refractivity (Wildman–Crippen MR) is 66.3 cm³/mol. The van der Waals surface area contributed by atoms with Crippen LogP contribution in [0.3, 0.4) is 0 Å². The molecule has 18 heavy (non-hydrogen) atoms. The summed E-state index contributed by atoms with van der Waals surface area (Å²) in [5.74, 6) is 0.308. The standard InChI is InChI=1S/C12H18N2O4/c1-5-14(6-2)12(15)18-9-7-8-13-11(17-4)10(9)16-3/h7-8H,5-6H2,1-4H3/i7D. The Morgan fingerprint density at radius 3 is 2.56 bits per heavy atom. The molecule has 6 heteroatoms. The number of rotatable bonds is 5. The average Bonchev–Trinajstić information content (AvgIpc) is 2.42. The van der Waals surface area contributed by atoms with Gasteiger partial charge in [-0.1, -0.05) is 0 Å². The summed E-state index contributed by atoms with van der Waals surface area (Å²) in [6.07, 6.45) is 0.705. The fraction of sp³-hybridized carbons (Fsp3) is 0.500. The predicted octanol–water partition coefficient (Wildman–Crippen LogP) is 1.94. The van der Waals surface area contributed by atoms with Gasteiger partial charge in [0.1, 0.15) is 0 Å². The first-order valence-corrected chi connectivity index (χ1v) is 5.63. The Kier molecular flexibility index (Phi) is 4.63. The minimum Gasteiger partial charge on any atom is -0.489 e. The first kappa shape index (κ1) is 12.5. The van der Waals surface area contributed by atoms with Gasteiger partial charge in [-0.15, -0.1) is 0 Å². The summed E-state index contributed by atoms with van der Waals surface area (Å²) in [6, 6.07) is -0.0434. The second-order valence-electron chi connectivity index (χ2n) is 3.31. The van der Waals surface area contributed by atoms with Crippen molar-refractivity contribution in [2.24, 2.45) is 0 Å². The van der Waals surface area contributed by atoms with E-state index in [4.69, 9.17) is 15.6 Å². The molecule has 0 atom stereocenters. The van der Waals surface area contributed by atoms with E-state index in [1.54, 1.807) is 0 Å². The molecule has 0 saturated carbocycles. The molecule has 0 N–H and O–H groups in total. The Labute approximate surface area is 108 Å². The molecule has 6 nitrogen and oxygen atoms in total. The highest BCUT2D eigenvalue weighted by Gasteiger charge is 2.18. The molecular weight excluding hydrogens is 236 g/mol. The first-order valence-electron chi connectivity index (χ1n) is 6.13. The minimum absolute atomic E-state index is 0.00579. The molecular formula is C12H18N2O4. The van der Waals surface area contributed by atoms with Crippen LogP contribution < -0.4 is 14.2 Å². The summed E-state index contributed by atoms with van der Waals surface area (Å²) in [6.45, 7) is 4.73. The largest absolute Gasteiger partial charge is 0.489 e. The number of hydrogen-bond donors (Lipinski definition) is 0. The smallest absolute Gasteiger partial charge is 0.415 e. The van der Waals surface area contributed by atoms with Crippen LogP contribution in [0.25, 0.3) is 0 Å². The Balaban J connectivity index is 3.09. The lowest BCUT2D eigenvalue weighted by atomic mass is 10.4. The lowest BCUT2D eigenvalue weighted by Crippen LogP contribution is -2.33. The minimum atomic E-state index is -0.537. The lowest BCUT2D eigenvalue weighted by molar-refractivity contribution is 0.155. The van der Waals surface area contributed by atoms with Crippen LogP contribution in [-0.2, 0) is 0 Å². The molecule has 1 aromatic rings. The summed E-state index contributed by atoms with van der Waals surface area (Å²) in [5, 5.41) is 0. The van der Waals surface area contributed by atoms with Crippen molar-refractivity contribution in [2.75, 3.05) is 27.3 Å². The van der Waals surface area contributed by atoms with Crippen LogP contribution in [0.2, 0.25) is 0 Å². The van der Waals surface area contributed by atoms with Crippen molar-refractivity contribution in [3.05, 3.63) is 12.2 Å². The molecule has 1 rings (SSSR count). The lowest BCUT2D eigenvalue weighted by Gasteiger charge is -2.19. The van der Waals surface area contributed by atoms with E-state index in [1.807, 2.05) is 13.8 Å². The van der Waals surface area contributed by atoms with Gasteiger partial charge in [0.15, 0.2) is 5.75 Å². The van der Waals surface area contributed by atoms with Gasteiger partial charge in [0.25, 0.3) is 5.88 Å². The van der Waals surface area contributed by atoms with Crippen molar-refractivity contribution >= 4 is 6.09 Å². The molecule has 0 unspecified atom stereocenters. The van der Waals surface area contributed by atoms with Gasteiger partial charge >= 0.3 is 6.09 Å². The van der Waals surface area contributed by atoms with Gasteiger partial charge in [0.05, 0.1) is 15.6 Å². The molecule has 0 aliphatic heterocycles. The molecule has 100 valence electrons. The van der Waals surface area contributed by atoms with E-state index >= 15 is 0 Å². The summed E-state index contributed by atoms with van der Waals surface area (Å²) in [7, 11) is 2.82. The number of ether oxygens (including phenoxy) is 3. The van der Waals surface area contributed by atoms with E-state index < -0.39 is 6.09 Å². The molecule has 0 fully saturated rings. The molecule has 0 aliphatic rings. The molecule has 1 aromatic heterocycles. The van der Waals surface area contributed by atoms with Crippen LogP contribution in [0, 0.1) is 0 Å². The number of pyridine rings is 1. The monoisotopic (exact) mass is 255 g/mol. The molecule has 0 aliphatic carbocycles. The maximum atomic E-state index is 11.9. The summed E-state index contributed by atoms with van der Waals surface area (Å²) in [5.41, 5.74) is 0. The van der Waals surface area contributed by atoms with Gasteiger partial charge in [-0.2, -0.15) is 0 Å². The van der Waals surface area contributed by atoms with Gasteiger partial charge < -0.3 is 19.1 Å². The second-order valence-corrected chi connectivity index (χ2v) is 3.31. The van der Waals surface area contributed by atoms with E-state index in [9.17, 15) is 4.79 Å². The van der Waals surface area contributed by atoms with E-state index in [0.29, 0.717) is 13.1 Å². The normalized spacial score (nSPS) is 10.6. The topological polar surface area (TPSA) is 60.9 Å². The van der Waals surface area contributed by atoms with Crippen LogP contribution in [0.5, 0.6) is 17.4 Å². The summed E-state index contributed by atoms with van der Waals surface area (Å²) >= 11 is 0. The zero-order valence-electron chi connectivity index (χ0n) is 12.0. The Hall–Kier alpha value is -1.98. The molecule has 0 spiro atoms. The Morgan fingerprint density at radius 1 is 1.39 bits per heavy atom. The third-order valence-corrected chi connectivity index (χ3v) is 2.39. The maximum absolute atomic E-state index is 11.9. The van der Waals surface area contributed by atoms with E-state index in [-0.39, 0.29) is 23.4 Å². The Bertz CT molecular complexity index is 450. The third kappa shape index (κ3) is 3.03. The van der Waals surface area contributed by atoms with Gasteiger partial charge in [-0.3, -0.25) is 0 Å². The fourth-order valence-electron chi connectivity index (χ4n) is 1.41. The molecule has 1 heterocycles. The highest BCUT2D eigenvalue weighted by Crippen LogP contribution is 2.34. The first-order chi connectivity index (χ1) is 9.08.